The number of rotatable bonds is 7. The van der Waals surface area contributed by atoms with E-state index in [-0.39, 0.29) is 23.3 Å². The Labute approximate surface area is 205 Å². The van der Waals surface area contributed by atoms with Gasteiger partial charge in [0.25, 0.3) is 5.91 Å². The van der Waals surface area contributed by atoms with Crippen molar-refractivity contribution in [1.29, 1.82) is 0 Å². The minimum absolute atomic E-state index is 0.149. The van der Waals surface area contributed by atoms with Gasteiger partial charge in [0.1, 0.15) is 17.7 Å². The van der Waals surface area contributed by atoms with Gasteiger partial charge >= 0.3 is 0 Å². The van der Waals surface area contributed by atoms with E-state index >= 15 is 0 Å². The molecule has 1 atom stereocenters. The molecule has 0 unspecified atom stereocenters. The van der Waals surface area contributed by atoms with Crippen LogP contribution in [0, 0.1) is 11.6 Å². The summed E-state index contributed by atoms with van der Waals surface area (Å²) >= 11 is 11.6. The Morgan fingerprint density at radius 1 is 0.941 bits per heavy atom. The third kappa shape index (κ3) is 5.40. The molecule has 0 aliphatic carbocycles. The number of nitrogens with one attached hydrogen (secondary N) is 1. The highest BCUT2D eigenvalue weighted by Gasteiger charge is 2.43. The molecule has 0 bridgehead atoms. The van der Waals surface area contributed by atoms with Crippen LogP contribution in [0.4, 0.5) is 20.2 Å². The molecular weight excluding hydrogens is 480 g/mol. The zero-order valence-corrected chi connectivity index (χ0v) is 19.5. The standard InChI is InChI=1S/C25H20ClF2N3O2S/c26-17-3-11-21(12-4-17)31-24(33)22(15-23(32)29-20-9-7-19(28)8-10-20)30(25(31)34)14-13-16-1-5-18(27)6-2-16/h1-12,22H,13-15H2,(H,29,32)/t22-/m1/s1. The number of benzene rings is 3. The maximum absolute atomic E-state index is 13.4. The fourth-order valence-electron chi connectivity index (χ4n) is 3.74. The molecule has 34 heavy (non-hydrogen) atoms. The van der Waals surface area contributed by atoms with E-state index in [1.54, 1.807) is 41.3 Å². The van der Waals surface area contributed by atoms with Crippen molar-refractivity contribution in [3.05, 3.63) is 95.0 Å². The van der Waals surface area contributed by atoms with E-state index in [1.807, 2.05) is 0 Å². The van der Waals surface area contributed by atoms with Crippen LogP contribution in [0.2, 0.25) is 5.02 Å². The predicted octanol–water partition coefficient (Wildman–Crippen LogP) is 5.19. The summed E-state index contributed by atoms with van der Waals surface area (Å²) in [5, 5.41) is 3.48. The van der Waals surface area contributed by atoms with E-state index < -0.39 is 17.8 Å². The summed E-state index contributed by atoms with van der Waals surface area (Å²) in [5.41, 5.74) is 1.84. The number of thiocarbonyl (C=S) groups is 1. The second-order valence-corrected chi connectivity index (χ2v) is 8.58. The highest BCUT2D eigenvalue weighted by Crippen LogP contribution is 2.28. The molecule has 1 aliphatic rings. The third-order valence-corrected chi connectivity index (χ3v) is 6.13. The number of amides is 2. The van der Waals surface area contributed by atoms with Gasteiger partial charge in [-0.05, 0) is 84.9 Å². The Balaban J connectivity index is 1.55. The van der Waals surface area contributed by atoms with E-state index in [9.17, 15) is 18.4 Å². The molecule has 0 aromatic heterocycles. The Hall–Kier alpha value is -3.36. The van der Waals surface area contributed by atoms with Crippen molar-refractivity contribution in [2.75, 3.05) is 16.8 Å². The summed E-state index contributed by atoms with van der Waals surface area (Å²) < 4.78 is 26.4. The van der Waals surface area contributed by atoms with E-state index in [1.165, 1.54) is 41.3 Å². The zero-order valence-electron chi connectivity index (χ0n) is 17.9. The molecule has 174 valence electrons. The number of carbonyl (C=O) groups excluding carboxylic acids is 2. The molecular formula is C25H20ClF2N3O2S. The van der Waals surface area contributed by atoms with E-state index in [2.05, 4.69) is 5.32 Å². The molecule has 2 amide bonds. The van der Waals surface area contributed by atoms with Crippen molar-refractivity contribution in [3.8, 4) is 0 Å². The molecule has 1 saturated heterocycles. The normalized spacial score (nSPS) is 15.7. The minimum atomic E-state index is -0.830. The monoisotopic (exact) mass is 499 g/mol. The van der Waals surface area contributed by atoms with Gasteiger partial charge < -0.3 is 10.2 Å². The third-order valence-electron chi connectivity index (χ3n) is 5.46. The van der Waals surface area contributed by atoms with Crippen molar-refractivity contribution in [2.45, 2.75) is 18.9 Å². The SMILES string of the molecule is O=C(C[C@@H]1C(=O)N(c2ccc(Cl)cc2)C(=S)N1CCc1ccc(F)cc1)Nc1ccc(F)cc1. The van der Waals surface area contributed by atoms with Crippen LogP contribution >= 0.6 is 23.8 Å². The van der Waals surface area contributed by atoms with Crippen LogP contribution in [0.25, 0.3) is 0 Å². The summed E-state index contributed by atoms with van der Waals surface area (Å²) in [5.74, 6) is -1.49. The van der Waals surface area contributed by atoms with E-state index in [0.717, 1.165) is 5.56 Å². The number of halogens is 3. The summed E-state index contributed by atoms with van der Waals surface area (Å²) in [7, 11) is 0. The Kier molecular flexibility index (Phi) is 7.19. The van der Waals surface area contributed by atoms with Crippen molar-refractivity contribution in [3.63, 3.8) is 0 Å². The summed E-state index contributed by atoms with van der Waals surface area (Å²) in [6.07, 6.45) is 0.349. The predicted molar refractivity (Wildman–Crippen MR) is 132 cm³/mol. The minimum Gasteiger partial charge on any atom is -0.336 e. The largest absolute Gasteiger partial charge is 0.336 e. The van der Waals surface area contributed by atoms with Crippen LogP contribution in [0.3, 0.4) is 0 Å². The molecule has 0 radical (unpaired) electrons. The first kappa shape index (κ1) is 23.8. The summed E-state index contributed by atoms with van der Waals surface area (Å²) in [4.78, 5) is 29.2. The smallest absolute Gasteiger partial charge is 0.256 e. The highest BCUT2D eigenvalue weighted by molar-refractivity contribution is 7.80. The van der Waals surface area contributed by atoms with E-state index in [4.69, 9.17) is 23.8 Å². The molecule has 4 rings (SSSR count). The van der Waals surface area contributed by atoms with Crippen molar-refractivity contribution >= 4 is 52.1 Å². The molecule has 1 heterocycles. The number of hydrogen-bond donors (Lipinski definition) is 1. The van der Waals surface area contributed by atoms with Crippen molar-refractivity contribution in [2.24, 2.45) is 0 Å². The number of hydrogen-bond acceptors (Lipinski definition) is 3. The maximum Gasteiger partial charge on any atom is 0.256 e. The van der Waals surface area contributed by atoms with Gasteiger partial charge in [-0.25, -0.2) is 8.78 Å². The van der Waals surface area contributed by atoms with Crippen LogP contribution in [-0.4, -0.2) is 34.4 Å². The van der Waals surface area contributed by atoms with Gasteiger partial charge in [0.05, 0.1) is 12.1 Å². The van der Waals surface area contributed by atoms with Gasteiger partial charge in [0.2, 0.25) is 5.91 Å². The van der Waals surface area contributed by atoms with Crippen LogP contribution in [0.15, 0.2) is 72.8 Å². The molecule has 1 N–H and O–H groups in total. The zero-order chi connectivity index (χ0) is 24.2. The second-order valence-electron chi connectivity index (χ2n) is 7.78. The van der Waals surface area contributed by atoms with E-state index in [0.29, 0.717) is 29.4 Å². The fourth-order valence-corrected chi connectivity index (χ4v) is 4.28. The molecule has 5 nitrogen and oxygen atoms in total. The van der Waals surface area contributed by atoms with Gasteiger partial charge in [0.15, 0.2) is 5.11 Å². The van der Waals surface area contributed by atoms with Crippen LogP contribution < -0.4 is 10.2 Å². The summed E-state index contributed by atoms with van der Waals surface area (Å²) in [6, 6.07) is 17.3. The van der Waals surface area contributed by atoms with Crippen molar-refractivity contribution in [1.82, 2.24) is 4.90 Å². The molecule has 0 saturated carbocycles. The van der Waals surface area contributed by atoms with Crippen LogP contribution in [0.5, 0.6) is 0 Å². The molecule has 0 spiro atoms. The Morgan fingerprint density at radius 3 is 2.15 bits per heavy atom. The lowest BCUT2D eigenvalue weighted by molar-refractivity contribution is -0.124. The average molecular weight is 500 g/mol. The quantitative estimate of drug-likeness (QED) is 0.454. The highest BCUT2D eigenvalue weighted by atomic mass is 35.5. The lowest BCUT2D eigenvalue weighted by atomic mass is 10.1. The molecule has 3 aromatic carbocycles. The molecule has 1 fully saturated rings. The Morgan fingerprint density at radius 2 is 1.53 bits per heavy atom. The number of anilines is 2. The van der Waals surface area contributed by atoms with Crippen molar-refractivity contribution < 1.29 is 18.4 Å². The van der Waals surface area contributed by atoms with Gasteiger partial charge in [-0.2, -0.15) is 0 Å². The number of carbonyl (C=O) groups is 2. The molecule has 1 aliphatic heterocycles. The first-order valence-electron chi connectivity index (χ1n) is 10.5. The van der Waals surface area contributed by atoms with Crippen LogP contribution in [-0.2, 0) is 16.0 Å². The first-order chi connectivity index (χ1) is 16.3. The second kappa shape index (κ2) is 10.3. The Bertz CT molecular complexity index is 1200. The fraction of sp³-hybridized carbons (Fsp3) is 0.160. The first-order valence-corrected chi connectivity index (χ1v) is 11.3. The number of nitrogens with zero attached hydrogens (tertiary/aromatic N) is 2. The van der Waals surface area contributed by atoms with Gasteiger partial charge in [-0.3, -0.25) is 14.5 Å². The van der Waals surface area contributed by atoms with Gasteiger partial charge in [-0.1, -0.05) is 23.7 Å². The van der Waals surface area contributed by atoms with Gasteiger partial charge in [-0.15, -0.1) is 0 Å². The average Bonchev–Trinajstić information content (AvgIpc) is 3.04. The van der Waals surface area contributed by atoms with Gasteiger partial charge in [0, 0.05) is 17.3 Å². The topological polar surface area (TPSA) is 52.7 Å². The lowest BCUT2D eigenvalue weighted by Crippen LogP contribution is -2.39. The lowest BCUT2D eigenvalue weighted by Gasteiger charge is -2.24. The van der Waals surface area contributed by atoms with Crippen LogP contribution in [0.1, 0.15) is 12.0 Å². The maximum atomic E-state index is 13.4. The molecule has 9 heteroatoms. The molecule has 3 aromatic rings. The summed E-state index contributed by atoms with van der Waals surface area (Å²) in [6.45, 7) is 0.356.